The van der Waals surface area contributed by atoms with Crippen molar-refractivity contribution in [1.82, 2.24) is 34.9 Å². The molecule has 0 amide bonds. The second-order valence-electron chi connectivity index (χ2n) is 14.5. The number of aryl methyl sites for hydroxylation is 1. The van der Waals surface area contributed by atoms with Crippen LogP contribution in [0.5, 0.6) is 0 Å². The van der Waals surface area contributed by atoms with Crippen LogP contribution in [0.3, 0.4) is 0 Å². The van der Waals surface area contributed by atoms with Gasteiger partial charge < -0.3 is 15.0 Å². The van der Waals surface area contributed by atoms with E-state index < -0.39 is 0 Å². The number of nitrogens with one attached hydrogen (secondary N) is 1. The van der Waals surface area contributed by atoms with Crippen molar-refractivity contribution in [1.29, 1.82) is 0 Å². The van der Waals surface area contributed by atoms with Gasteiger partial charge in [-0.1, -0.05) is 68.4 Å². The zero-order valence-electron chi connectivity index (χ0n) is 32.2. The lowest BCUT2D eigenvalue weighted by atomic mass is 10.1. The minimum absolute atomic E-state index is 0.358. The van der Waals surface area contributed by atoms with E-state index in [1.165, 1.54) is 6.42 Å². The molecule has 2 atom stereocenters. The molecule has 2 fully saturated rings. The van der Waals surface area contributed by atoms with E-state index in [-0.39, 0.29) is 0 Å². The molecule has 0 bridgehead atoms. The molecule has 0 aromatic carbocycles. The third kappa shape index (κ3) is 14.4. The van der Waals surface area contributed by atoms with Crippen LogP contribution in [0, 0.1) is 12.8 Å². The van der Waals surface area contributed by atoms with E-state index in [9.17, 15) is 0 Å². The van der Waals surface area contributed by atoms with Crippen LogP contribution in [0.15, 0.2) is 61.3 Å². The zero-order valence-corrected chi connectivity index (χ0v) is 32.2. The van der Waals surface area contributed by atoms with E-state index in [0.717, 1.165) is 85.4 Å². The molecule has 6 heterocycles. The predicted octanol–water partition coefficient (Wildman–Crippen LogP) is 8.75. The molecule has 0 aliphatic carbocycles. The van der Waals surface area contributed by atoms with Gasteiger partial charge in [0.15, 0.2) is 0 Å². The molecule has 2 saturated heterocycles. The molecule has 0 radical (unpaired) electrons. The Hall–Kier alpha value is -4.05. The van der Waals surface area contributed by atoms with Crippen LogP contribution < -0.4 is 10.2 Å². The molecule has 272 valence electrons. The quantitative estimate of drug-likeness (QED) is 0.203. The van der Waals surface area contributed by atoms with Crippen LogP contribution in [0.25, 0.3) is 0 Å². The van der Waals surface area contributed by atoms with Crippen LogP contribution in [0.1, 0.15) is 134 Å². The molecule has 4 aromatic rings. The first-order valence-corrected chi connectivity index (χ1v) is 18.4. The van der Waals surface area contributed by atoms with Gasteiger partial charge in [-0.05, 0) is 79.7 Å². The Balaban J connectivity index is 0.000000185. The maximum absolute atomic E-state index is 5.41. The van der Waals surface area contributed by atoms with Gasteiger partial charge in [-0.15, -0.1) is 0 Å². The Morgan fingerprint density at radius 3 is 1.90 bits per heavy atom. The number of anilines is 2. The average molecular weight is 684 g/mol. The lowest BCUT2D eigenvalue weighted by molar-refractivity contribution is 0.0874. The number of nitrogens with zero attached hydrogens (tertiary/aromatic N) is 8. The van der Waals surface area contributed by atoms with Gasteiger partial charge in [-0.3, -0.25) is 4.98 Å². The van der Waals surface area contributed by atoms with Crippen molar-refractivity contribution in [3.63, 3.8) is 0 Å². The first-order valence-electron chi connectivity index (χ1n) is 18.4. The molecule has 10 nitrogen and oxygen atoms in total. The fraction of sp³-hybridized carbons (Fsp3) is 0.575. The van der Waals surface area contributed by atoms with Gasteiger partial charge in [0.1, 0.15) is 5.82 Å². The highest BCUT2D eigenvalue weighted by Gasteiger charge is 2.21. The highest BCUT2D eigenvalue weighted by molar-refractivity contribution is 5.32. The van der Waals surface area contributed by atoms with Gasteiger partial charge in [-0.2, -0.15) is 0 Å². The number of pyridine rings is 1. The molecule has 4 aromatic heterocycles. The summed E-state index contributed by atoms with van der Waals surface area (Å²) in [7, 11) is 0. The van der Waals surface area contributed by atoms with Gasteiger partial charge in [0.25, 0.3) is 0 Å². The minimum Gasteiger partial charge on any atom is -0.379 e. The van der Waals surface area contributed by atoms with E-state index in [2.05, 4.69) is 107 Å². The van der Waals surface area contributed by atoms with Crippen molar-refractivity contribution < 1.29 is 4.74 Å². The van der Waals surface area contributed by atoms with E-state index in [1.54, 1.807) is 0 Å². The zero-order chi connectivity index (χ0) is 36.5. The molecule has 2 aliphatic heterocycles. The minimum atomic E-state index is 0.358. The molecule has 6 rings (SSSR count). The topological polar surface area (TPSA) is 115 Å². The maximum atomic E-state index is 5.41. The Labute approximate surface area is 301 Å². The number of ether oxygens (including phenoxy) is 1. The summed E-state index contributed by atoms with van der Waals surface area (Å²) in [6, 6.07) is 10.3. The lowest BCUT2D eigenvalue weighted by Crippen LogP contribution is -2.30. The van der Waals surface area contributed by atoms with Gasteiger partial charge in [0.2, 0.25) is 11.9 Å². The second-order valence-corrected chi connectivity index (χ2v) is 14.5. The third-order valence-electron chi connectivity index (χ3n) is 8.32. The number of aromatic nitrogens is 7. The lowest BCUT2D eigenvalue weighted by Gasteiger charge is -2.23. The second kappa shape index (κ2) is 21.2. The summed E-state index contributed by atoms with van der Waals surface area (Å²) in [5, 5.41) is 3.33. The fourth-order valence-corrected chi connectivity index (χ4v) is 5.17. The Morgan fingerprint density at radius 2 is 1.38 bits per heavy atom. The molecule has 0 spiro atoms. The molecular weight excluding hydrogens is 623 g/mol. The van der Waals surface area contributed by atoms with Crippen LogP contribution in [-0.4, -0.2) is 67.2 Å². The summed E-state index contributed by atoms with van der Waals surface area (Å²) in [6.07, 6.45) is 12.7. The standard InChI is InChI=1S/C12H19N3O.C12H19N3.C8H12N2.C8H11N/c1-9(2)11-5-6-13-12(15-11)14-10-4-3-7-16-8-10;1-9(2)11-4-6-13-12(14-11)15-7-5-10(3)8-15;1-6(2)8-9-4-7(3)5-10-8;1-7(2)8-5-3-4-6-9-8/h5-6,9-10H,3-4,7-8H2,1-2H3,(H,13,14,15);4,6,9-10H,5,7-8H2,1-3H3;4-6H,1-3H3;3-7H,1-2H3. The summed E-state index contributed by atoms with van der Waals surface area (Å²) in [5.74, 6) is 5.22. The summed E-state index contributed by atoms with van der Waals surface area (Å²) in [5.41, 5.74) is 4.50. The van der Waals surface area contributed by atoms with E-state index in [4.69, 9.17) is 4.74 Å². The van der Waals surface area contributed by atoms with Gasteiger partial charge in [-0.25, -0.2) is 29.9 Å². The monoisotopic (exact) mass is 683 g/mol. The van der Waals surface area contributed by atoms with Crippen molar-refractivity contribution in [2.45, 2.75) is 118 Å². The highest BCUT2D eigenvalue weighted by atomic mass is 16.5. The van der Waals surface area contributed by atoms with E-state index in [1.807, 2.05) is 68.2 Å². The Morgan fingerprint density at radius 1 is 0.720 bits per heavy atom. The Kier molecular flexibility index (Phi) is 17.1. The normalized spacial score (nSPS) is 17.0. The molecule has 2 unspecified atom stereocenters. The molecule has 0 saturated carbocycles. The van der Waals surface area contributed by atoms with Crippen molar-refractivity contribution in [2.75, 3.05) is 36.5 Å². The molecule has 1 N–H and O–H groups in total. The number of rotatable bonds is 7. The molecule has 50 heavy (non-hydrogen) atoms. The van der Waals surface area contributed by atoms with Crippen LogP contribution in [-0.2, 0) is 4.74 Å². The van der Waals surface area contributed by atoms with Crippen LogP contribution in [0.4, 0.5) is 11.9 Å². The fourth-order valence-electron chi connectivity index (χ4n) is 5.17. The first-order chi connectivity index (χ1) is 23.9. The highest BCUT2D eigenvalue weighted by Crippen LogP contribution is 2.21. The number of hydrogen-bond acceptors (Lipinski definition) is 10. The van der Waals surface area contributed by atoms with Crippen molar-refractivity contribution in [2.24, 2.45) is 5.92 Å². The van der Waals surface area contributed by atoms with E-state index >= 15 is 0 Å². The van der Waals surface area contributed by atoms with E-state index in [0.29, 0.717) is 29.7 Å². The van der Waals surface area contributed by atoms with Crippen LogP contribution >= 0.6 is 0 Å². The SMILES string of the molecule is CC(C)c1ccccn1.CC(C)c1ccnc(NC2CCCOC2)n1.CC1CCN(c2nccc(C(C)C)n2)C1.Cc1cnc(C(C)C)nc1. The molecule has 2 aliphatic rings. The number of hydrogen-bond donors (Lipinski definition) is 1. The predicted molar refractivity (Wildman–Crippen MR) is 205 cm³/mol. The first kappa shape index (κ1) is 40.4. The average Bonchev–Trinajstić information content (AvgIpc) is 3.56. The summed E-state index contributed by atoms with van der Waals surface area (Å²) >= 11 is 0. The molecule has 10 heteroatoms. The smallest absolute Gasteiger partial charge is 0.225 e. The van der Waals surface area contributed by atoms with Gasteiger partial charge in [0.05, 0.1) is 12.6 Å². The summed E-state index contributed by atoms with van der Waals surface area (Å²) < 4.78 is 5.41. The van der Waals surface area contributed by atoms with Crippen molar-refractivity contribution >= 4 is 11.9 Å². The third-order valence-corrected chi connectivity index (χ3v) is 8.32. The summed E-state index contributed by atoms with van der Waals surface area (Å²) in [4.78, 5) is 32.5. The maximum Gasteiger partial charge on any atom is 0.225 e. The van der Waals surface area contributed by atoms with Crippen molar-refractivity contribution in [3.05, 3.63) is 89.8 Å². The Bertz CT molecular complexity index is 1490. The summed E-state index contributed by atoms with van der Waals surface area (Å²) in [6.45, 7) is 25.2. The van der Waals surface area contributed by atoms with Gasteiger partial charge >= 0.3 is 0 Å². The van der Waals surface area contributed by atoms with Crippen molar-refractivity contribution in [3.8, 4) is 0 Å². The largest absolute Gasteiger partial charge is 0.379 e. The van der Waals surface area contributed by atoms with Gasteiger partial charge in [0, 0.05) is 73.7 Å². The van der Waals surface area contributed by atoms with Crippen LogP contribution in [0.2, 0.25) is 0 Å². The molecular formula is C40H61N9O.